The first-order chi connectivity index (χ1) is 16.5. The van der Waals surface area contributed by atoms with E-state index in [1.807, 2.05) is 0 Å². The maximum atomic E-state index is 13.4. The van der Waals surface area contributed by atoms with Gasteiger partial charge in [-0.15, -0.1) is 0 Å². The van der Waals surface area contributed by atoms with Crippen LogP contribution in [0.15, 0.2) is 52.3 Å². The number of thiazole rings is 1. The van der Waals surface area contributed by atoms with Gasteiger partial charge in [-0.2, -0.15) is 0 Å². The van der Waals surface area contributed by atoms with Crippen molar-refractivity contribution in [2.75, 3.05) is 43.1 Å². The summed E-state index contributed by atoms with van der Waals surface area (Å²) in [6, 6.07) is 11.2. The van der Waals surface area contributed by atoms with Gasteiger partial charge in [0, 0.05) is 19.3 Å². The molecule has 0 bridgehead atoms. The normalized spacial score (nSPS) is 12.4. The second kappa shape index (κ2) is 11.2. The van der Waals surface area contributed by atoms with Gasteiger partial charge in [-0.25, -0.2) is 21.8 Å². The van der Waals surface area contributed by atoms with Crippen LogP contribution in [0.25, 0.3) is 10.2 Å². The highest BCUT2D eigenvalue weighted by Crippen LogP contribution is 2.31. The standard InChI is InChI=1S/C24H31N3O5S3/c1-5-26(6-2)14-15-27(23(28)16-18-8-10-19(11-9-18)35(31,32)7-3)24-25-21-13-12-20(34(4,29)30)17-22(21)33-24/h8-13,17H,5-7,14-16H2,1-4H3. The average molecular weight is 538 g/mol. The molecule has 0 aliphatic rings. The molecule has 3 aromatic rings. The molecule has 0 spiro atoms. The minimum atomic E-state index is -3.36. The largest absolute Gasteiger partial charge is 0.302 e. The minimum absolute atomic E-state index is 0.0169. The van der Waals surface area contributed by atoms with E-state index in [0.29, 0.717) is 34.0 Å². The molecular weight excluding hydrogens is 506 g/mol. The van der Waals surface area contributed by atoms with Crippen molar-refractivity contribution in [1.82, 2.24) is 9.88 Å². The summed E-state index contributed by atoms with van der Waals surface area (Å²) in [5, 5.41) is 0.507. The molecule has 0 saturated heterocycles. The highest BCUT2D eigenvalue weighted by atomic mass is 32.2. The summed E-state index contributed by atoms with van der Waals surface area (Å²) in [6.07, 6.45) is 1.25. The molecule has 3 rings (SSSR count). The van der Waals surface area contributed by atoms with Gasteiger partial charge in [-0.3, -0.25) is 9.69 Å². The zero-order chi connectivity index (χ0) is 25.8. The number of benzene rings is 2. The molecule has 0 aliphatic carbocycles. The maximum absolute atomic E-state index is 13.4. The number of hydrogen-bond donors (Lipinski definition) is 0. The van der Waals surface area contributed by atoms with Gasteiger partial charge in [0.05, 0.1) is 32.2 Å². The van der Waals surface area contributed by atoms with Crippen molar-refractivity contribution in [3.63, 3.8) is 0 Å². The first-order valence-corrected chi connectivity index (χ1v) is 15.8. The SMILES string of the molecule is CCN(CC)CCN(C(=O)Cc1ccc(S(=O)(=O)CC)cc1)c1nc2ccc(S(C)(=O)=O)cc2s1. The number of fused-ring (bicyclic) bond motifs is 1. The van der Waals surface area contributed by atoms with E-state index in [-0.39, 0.29) is 27.9 Å². The molecule has 8 nitrogen and oxygen atoms in total. The van der Waals surface area contributed by atoms with Crippen LogP contribution < -0.4 is 4.90 Å². The molecule has 0 atom stereocenters. The summed E-state index contributed by atoms with van der Waals surface area (Å²) in [7, 11) is -6.67. The summed E-state index contributed by atoms with van der Waals surface area (Å²) < 4.78 is 48.8. The van der Waals surface area contributed by atoms with Crippen LogP contribution in [0.5, 0.6) is 0 Å². The van der Waals surface area contributed by atoms with Crippen molar-refractivity contribution in [3.8, 4) is 0 Å². The van der Waals surface area contributed by atoms with Gasteiger partial charge in [-0.1, -0.05) is 44.2 Å². The number of aromatic nitrogens is 1. The molecular formula is C24H31N3O5S3. The zero-order valence-corrected chi connectivity index (χ0v) is 22.8. The van der Waals surface area contributed by atoms with Crippen molar-refractivity contribution in [2.24, 2.45) is 0 Å². The molecule has 11 heteroatoms. The Balaban J connectivity index is 1.91. The number of carbonyl (C=O) groups excluding carboxylic acids is 1. The maximum Gasteiger partial charge on any atom is 0.233 e. The van der Waals surface area contributed by atoms with E-state index in [0.717, 1.165) is 19.3 Å². The molecule has 0 aliphatic heterocycles. The molecule has 1 heterocycles. The summed E-state index contributed by atoms with van der Waals surface area (Å²) in [5.41, 5.74) is 1.34. The van der Waals surface area contributed by atoms with Crippen LogP contribution in [0.1, 0.15) is 26.3 Å². The second-order valence-corrected chi connectivity index (χ2v) is 13.5. The van der Waals surface area contributed by atoms with Crippen LogP contribution >= 0.6 is 11.3 Å². The fourth-order valence-electron chi connectivity index (χ4n) is 3.60. The van der Waals surface area contributed by atoms with Gasteiger partial charge in [0.2, 0.25) is 5.91 Å². The molecule has 0 fully saturated rings. The predicted molar refractivity (Wildman–Crippen MR) is 141 cm³/mol. The van der Waals surface area contributed by atoms with E-state index in [4.69, 9.17) is 0 Å². The van der Waals surface area contributed by atoms with Crippen molar-refractivity contribution in [3.05, 3.63) is 48.0 Å². The van der Waals surface area contributed by atoms with Crippen molar-refractivity contribution >= 4 is 52.3 Å². The fourth-order valence-corrected chi connectivity index (χ4v) is 6.25. The van der Waals surface area contributed by atoms with Gasteiger partial charge < -0.3 is 4.90 Å². The van der Waals surface area contributed by atoms with Crippen molar-refractivity contribution in [1.29, 1.82) is 0 Å². The lowest BCUT2D eigenvalue weighted by Crippen LogP contribution is -2.39. The topological polar surface area (TPSA) is 105 Å². The van der Waals surface area contributed by atoms with E-state index in [9.17, 15) is 21.6 Å². The quantitative estimate of drug-likeness (QED) is 0.369. The van der Waals surface area contributed by atoms with E-state index in [1.165, 1.54) is 29.5 Å². The lowest BCUT2D eigenvalue weighted by Gasteiger charge is -2.24. The Morgan fingerprint density at radius 1 is 0.914 bits per heavy atom. The third-order valence-electron chi connectivity index (χ3n) is 5.86. The number of rotatable bonds is 11. The third-order valence-corrected chi connectivity index (χ3v) is 9.76. The molecule has 0 radical (unpaired) electrons. The highest BCUT2D eigenvalue weighted by Gasteiger charge is 2.22. The highest BCUT2D eigenvalue weighted by molar-refractivity contribution is 7.91. The van der Waals surface area contributed by atoms with Gasteiger partial charge in [0.25, 0.3) is 0 Å². The van der Waals surface area contributed by atoms with E-state index in [1.54, 1.807) is 36.1 Å². The third kappa shape index (κ3) is 6.66. The lowest BCUT2D eigenvalue weighted by atomic mass is 10.1. The summed E-state index contributed by atoms with van der Waals surface area (Å²) in [4.78, 5) is 22.3. The van der Waals surface area contributed by atoms with Crippen LogP contribution in [0, 0.1) is 0 Å². The molecule has 0 N–H and O–H groups in total. The molecule has 2 aromatic carbocycles. The second-order valence-electron chi connectivity index (χ2n) is 8.19. The molecule has 0 saturated carbocycles. The van der Waals surface area contributed by atoms with Crippen molar-refractivity contribution in [2.45, 2.75) is 37.0 Å². The van der Waals surface area contributed by atoms with Gasteiger partial charge in [0.15, 0.2) is 24.8 Å². The van der Waals surface area contributed by atoms with Crippen LogP contribution in [0.3, 0.4) is 0 Å². The van der Waals surface area contributed by atoms with Crippen molar-refractivity contribution < 1.29 is 21.6 Å². The lowest BCUT2D eigenvalue weighted by molar-refractivity contribution is -0.118. The minimum Gasteiger partial charge on any atom is -0.302 e. The first-order valence-electron chi connectivity index (χ1n) is 11.4. The smallest absolute Gasteiger partial charge is 0.233 e. The van der Waals surface area contributed by atoms with Gasteiger partial charge in [0.1, 0.15) is 0 Å². The molecule has 1 aromatic heterocycles. The number of sulfone groups is 2. The Morgan fingerprint density at radius 3 is 2.11 bits per heavy atom. The van der Waals surface area contributed by atoms with E-state index < -0.39 is 19.7 Å². The number of nitrogens with zero attached hydrogens (tertiary/aromatic N) is 3. The van der Waals surface area contributed by atoms with Crippen LogP contribution in [-0.2, 0) is 30.9 Å². The summed E-state index contributed by atoms with van der Waals surface area (Å²) in [5.74, 6) is -0.145. The Morgan fingerprint density at radius 2 is 1.54 bits per heavy atom. The number of likely N-dealkylation sites (N-methyl/N-ethyl adjacent to an activating group) is 1. The first kappa shape index (κ1) is 27.3. The Kier molecular flexibility index (Phi) is 8.68. The average Bonchev–Trinajstić information content (AvgIpc) is 3.24. The summed E-state index contributed by atoms with van der Waals surface area (Å²) in [6.45, 7) is 8.51. The summed E-state index contributed by atoms with van der Waals surface area (Å²) >= 11 is 1.28. The molecule has 1 amide bonds. The Hall–Kier alpha value is -2.34. The molecule has 190 valence electrons. The fraction of sp³-hybridized carbons (Fsp3) is 0.417. The van der Waals surface area contributed by atoms with Crippen LogP contribution in [0.4, 0.5) is 5.13 Å². The zero-order valence-electron chi connectivity index (χ0n) is 20.4. The van der Waals surface area contributed by atoms with E-state index in [2.05, 4.69) is 23.7 Å². The predicted octanol–water partition coefficient (Wildman–Crippen LogP) is 3.41. The van der Waals surface area contributed by atoms with Gasteiger partial charge in [-0.05, 0) is 49.0 Å². The van der Waals surface area contributed by atoms with Crippen LogP contribution in [-0.4, -0.2) is 70.8 Å². The number of amides is 1. The number of hydrogen-bond acceptors (Lipinski definition) is 8. The number of anilines is 1. The van der Waals surface area contributed by atoms with Gasteiger partial charge >= 0.3 is 0 Å². The Labute approximate surface area is 211 Å². The molecule has 35 heavy (non-hydrogen) atoms. The van der Waals surface area contributed by atoms with E-state index >= 15 is 0 Å². The molecule has 0 unspecified atom stereocenters. The monoisotopic (exact) mass is 537 g/mol. The number of carbonyl (C=O) groups is 1. The Bertz CT molecular complexity index is 1390. The van der Waals surface area contributed by atoms with Crippen LogP contribution in [0.2, 0.25) is 0 Å².